The van der Waals surface area contributed by atoms with Crippen LogP contribution in [0.2, 0.25) is 0 Å². The van der Waals surface area contributed by atoms with Gasteiger partial charge in [0.25, 0.3) is 0 Å². The van der Waals surface area contributed by atoms with Gasteiger partial charge >= 0.3 is 17.1 Å². The molecule has 3 heteroatoms. The van der Waals surface area contributed by atoms with Crippen molar-refractivity contribution in [3.05, 3.63) is 7.43 Å². The van der Waals surface area contributed by atoms with E-state index in [1.54, 1.807) is 21.2 Å². The van der Waals surface area contributed by atoms with Crippen molar-refractivity contribution in [3.8, 4) is 0 Å². The molecular formula is CH3FeIS. The van der Waals surface area contributed by atoms with Crippen LogP contribution >= 0.6 is 21.2 Å². The van der Waals surface area contributed by atoms with Crippen LogP contribution in [-0.2, 0) is 26.9 Å². The van der Waals surface area contributed by atoms with Gasteiger partial charge in [-0.1, -0.05) is 0 Å². The van der Waals surface area contributed by atoms with E-state index in [1.807, 2.05) is 0 Å². The van der Waals surface area contributed by atoms with E-state index in [1.165, 1.54) is 0 Å². The fraction of sp³-hybridized carbons (Fsp3) is 0. The first-order chi connectivity index (χ1) is 1.00. The molecule has 0 aromatic rings. The fourth-order valence-electron chi connectivity index (χ4n) is 0. The van der Waals surface area contributed by atoms with Gasteiger partial charge in [-0.3, -0.25) is 21.2 Å². The van der Waals surface area contributed by atoms with E-state index in [-0.39, 0.29) is 24.5 Å². The van der Waals surface area contributed by atoms with Crippen LogP contribution in [0.1, 0.15) is 0 Å². The summed E-state index contributed by atoms with van der Waals surface area (Å²) in [5.41, 5.74) is 0. The fourth-order valence-corrected chi connectivity index (χ4v) is 0. The number of halogens is 1. The molecule has 0 aromatic carbocycles. The summed E-state index contributed by atoms with van der Waals surface area (Å²) in [6.45, 7) is 0. The average molecular weight is 230 g/mol. The molecule has 0 N–H and O–H groups in total. The van der Waals surface area contributed by atoms with Gasteiger partial charge in [0.2, 0.25) is 0 Å². The van der Waals surface area contributed by atoms with Gasteiger partial charge in [-0.15, -0.1) is 0 Å². The summed E-state index contributed by atoms with van der Waals surface area (Å²) in [7, 11) is 4.05. The Morgan fingerprint density at radius 2 is 1.25 bits per heavy atom. The minimum atomic E-state index is 0. The maximum absolute atomic E-state index is 4.05. The van der Waals surface area contributed by atoms with Gasteiger partial charge < -0.3 is 17.2 Å². The van der Waals surface area contributed by atoms with Crippen LogP contribution in [0.5, 0.6) is 0 Å². The van der Waals surface area contributed by atoms with E-state index in [0.717, 1.165) is 0 Å². The molecule has 0 bridgehead atoms. The summed E-state index contributed by atoms with van der Waals surface area (Å²) in [6.07, 6.45) is 0. The van der Waals surface area contributed by atoms with E-state index in [9.17, 15) is 0 Å². The molecule has 0 atom stereocenters. The first-order valence-electron chi connectivity index (χ1n) is 0.154. The zero-order chi connectivity index (χ0) is 2.00. The zero-order valence-corrected chi connectivity index (χ0v) is 6.22. The summed E-state index contributed by atoms with van der Waals surface area (Å²) in [4.78, 5) is 0. The van der Waals surface area contributed by atoms with Crippen LogP contribution in [0.4, 0.5) is 0 Å². The monoisotopic (exact) mass is 230 g/mol. The molecule has 0 aliphatic rings. The van der Waals surface area contributed by atoms with Gasteiger partial charge in [-0.25, -0.2) is 0 Å². The van der Waals surface area contributed by atoms with Crippen molar-refractivity contribution in [2.75, 3.05) is 0 Å². The Morgan fingerprint density at radius 3 is 1.25 bits per heavy atom. The minimum absolute atomic E-state index is 0. The quantitative estimate of drug-likeness (QED) is 0.262. The SMILES string of the molecule is [CH3-].[Fe+2].[S-]I. The van der Waals surface area contributed by atoms with Gasteiger partial charge in [0.15, 0.2) is 0 Å². The second kappa shape index (κ2) is 23.3. The van der Waals surface area contributed by atoms with Crippen molar-refractivity contribution in [2.45, 2.75) is 0 Å². The van der Waals surface area contributed by atoms with Gasteiger partial charge in [0.05, 0.1) is 0 Å². The molecule has 0 saturated heterocycles. The third-order valence-electron chi connectivity index (χ3n) is 0. The molecule has 0 fully saturated rings. The second-order valence-electron chi connectivity index (χ2n) is 0. The van der Waals surface area contributed by atoms with Crippen molar-refractivity contribution < 1.29 is 17.1 Å². The molecule has 28 valence electrons. The van der Waals surface area contributed by atoms with Crippen molar-refractivity contribution in [1.82, 2.24) is 0 Å². The van der Waals surface area contributed by atoms with E-state index in [0.29, 0.717) is 0 Å². The molecule has 0 amide bonds. The van der Waals surface area contributed by atoms with Crippen LogP contribution in [0.3, 0.4) is 0 Å². The molecule has 0 heterocycles. The summed E-state index contributed by atoms with van der Waals surface area (Å²) in [5, 5.41) is 0. The van der Waals surface area contributed by atoms with Crippen LogP contribution in [-0.4, -0.2) is 0 Å². The zero-order valence-electron chi connectivity index (χ0n) is 2.14. The predicted octanol–water partition coefficient (Wildman–Crippen LogP) is 1.33. The number of hydrogen-bond acceptors (Lipinski definition) is 1. The molecule has 0 radical (unpaired) electrons. The van der Waals surface area contributed by atoms with Crippen molar-refractivity contribution in [1.29, 1.82) is 0 Å². The molecule has 0 unspecified atom stereocenters. The average Bonchev–Trinajstić information content (AvgIpc) is 1.00. The Bertz CT molecular complexity index is 8.00. The molecule has 0 rings (SSSR count). The smallest absolute Gasteiger partial charge is 0.713 e. The molecule has 4 heavy (non-hydrogen) atoms. The first kappa shape index (κ1) is 17.5. The Hall–Kier alpha value is 1.60. The Morgan fingerprint density at radius 1 is 1.25 bits per heavy atom. The van der Waals surface area contributed by atoms with Crippen molar-refractivity contribution in [3.63, 3.8) is 0 Å². The normalized spacial score (nSPS) is 1.50. The van der Waals surface area contributed by atoms with Crippen LogP contribution in [0.15, 0.2) is 0 Å². The van der Waals surface area contributed by atoms with Gasteiger partial charge in [0, 0.05) is 0 Å². The molecule has 0 aliphatic heterocycles. The molecule has 0 saturated carbocycles. The van der Waals surface area contributed by atoms with E-state index >= 15 is 0 Å². The van der Waals surface area contributed by atoms with Crippen LogP contribution < -0.4 is 0 Å². The van der Waals surface area contributed by atoms with E-state index < -0.39 is 0 Å². The maximum Gasteiger partial charge on any atom is 2.00 e. The van der Waals surface area contributed by atoms with Crippen molar-refractivity contribution >= 4 is 31.0 Å². The Kier molecular flexibility index (Phi) is 102. The summed E-state index contributed by atoms with van der Waals surface area (Å²) in [5.74, 6) is 0. The molecular weight excluding hydrogens is 227 g/mol. The largest absolute Gasteiger partial charge is 2.00 e. The topological polar surface area (TPSA) is 0 Å². The van der Waals surface area contributed by atoms with E-state index in [2.05, 4.69) is 9.80 Å². The third kappa shape index (κ3) is 9.51. The first-order valence-corrected chi connectivity index (χ1v) is 3.11. The van der Waals surface area contributed by atoms with Crippen LogP contribution in [0, 0.1) is 7.43 Å². The van der Waals surface area contributed by atoms with E-state index in [4.69, 9.17) is 0 Å². The van der Waals surface area contributed by atoms with Gasteiger partial charge in [-0.05, 0) is 0 Å². The molecule has 0 nitrogen and oxygen atoms in total. The van der Waals surface area contributed by atoms with Crippen LogP contribution in [0.25, 0.3) is 0 Å². The Balaban J connectivity index is -0.00000000500. The number of rotatable bonds is 0. The number of hydrogen-bond donors (Lipinski definition) is 0. The molecule has 0 aromatic heterocycles. The second-order valence-corrected chi connectivity index (χ2v) is 0. The molecule has 0 spiro atoms. The van der Waals surface area contributed by atoms with Gasteiger partial charge in [0.1, 0.15) is 0 Å². The third-order valence-corrected chi connectivity index (χ3v) is 0. The summed E-state index contributed by atoms with van der Waals surface area (Å²) in [6, 6.07) is 0. The maximum atomic E-state index is 4.05. The summed E-state index contributed by atoms with van der Waals surface area (Å²) < 4.78 is 0. The minimum Gasteiger partial charge on any atom is -0.713 e. The van der Waals surface area contributed by atoms with Gasteiger partial charge in [-0.2, -0.15) is 0 Å². The Labute approximate surface area is 55.2 Å². The van der Waals surface area contributed by atoms with Crippen molar-refractivity contribution in [2.24, 2.45) is 0 Å². The predicted molar refractivity (Wildman–Crippen MR) is 27.8 cm³/mol. The standard InChI is InChI=1S/CH3.Fe.IS/c;;1-2/h1H3;;/q-1;+2;-1. The summed E-state index contributed by atoms with van der Waals surface area (Å²) >= 11 is 1.73. The molecule has 0 aliphatic carbocycles.